The molecule has 0 saturated heterocycles. The number of guanidine groups is 1. The van der Waals surface area contributed by atoms with Crippen LogP contribution in [0.3, 0.4) is 0 Å². The molecule has 0 aliphatic carbocycles. The summed E-state index contributed by atoms with van der Waals surface area (Å²) in [6.45, 7) is 8.74. The molecule has 0 bridgehead atoms. The van der Waals surface area contributed by atoms with Gasteiger partial charge in [0.25, 0.3) is 0 Å². The van der Waals surface area contributed by atoms with Crippen molar-refractivity contribution in [3.63, 3.8) is 0 Å². The molecule has 1 heterocycles. The maximum Gasteiger partial charge on any atom is 0.195 e. The first-order valence-corrected chi connectivity index (χ1v) is 9.36. The van der Waals surface area contributed by atoms with Crippen molar-refractivity contribution < 1.29 is 14.2 Å². The van der Waals surface area contributed by atoms with E-state index in [1.807, 2.05) is 18.2 Å². The summed E-state index contributed by atoms with van der Waals surface area (Å²) in [4.78, 5) is 4.60. The predicted molar refractivity (Wildman–Crippen MR) is 117 cm³/mol. The van der Waals surface area contributed by atoms with Crippen LogP contribution in [0.4, 0.5) is 5.69 Å². The molecule has 1 aromatic carbocycles. The number of rotatable bonds is 9. The second kappa shape index (κ2) is 13.9. The Morgan fingerprint density at radius 3 is 2.65 bits per heavy atom. The first-order chi connectivity index (χ1) is 12.3. The van der Waals surface area contributed by atoms with Crippen LogP contribution < -0.4 is 20.1 Å². The summed E-state index contributed by atoms with van der Waals surface area (Å²) in [5, 5.41) is 6.58. The van der Waals surface area contributed by atoms with Crippen LogP contribution in [0.25, 0.3) is 0 Å². The molecule has 7 heteroatoms. The lowest BCUT2D eigenvalue weighted by Crippen LogP contribution is -2.30. The molecule has 2 rings (SSSR count). The summed E-state index contributed by atoms with van der Waals surface area (Å²) >= 11 is 0. The summed E-state index contributed by atoms with van der Waals surface area (Å²) in [7, 11) is 0. The molecule has 0 radical (unpaired) electrons. The van der Waals surface area contributed by atoms with Gasteiger partial charge in [-0.05, 0) is 31.9 Å². The molecule has 148 valence electrons. The summed E-state index contributed by atoms with van der Waals surface area (Å²) < 4.78 is 17.0. The maximum absolute atomic E-state index is 5.73. The minimum atomic E-state index is 0. The zero-order chi connectivity index (χ0) is 17.7. The molecule has 0 fully saturated rings. The molecule has 1 aromatic rings. The van der Waals surface area contributed by atoms with Gasteiger partial charge in [0.05, 0.1) is 13.2 Å². The molecule has 2 N–H and O–H groups in total. The van der Waals surface area contributed by atoms with Crippen LogP contribution in [-0.4, -0.2) is 45.5 Å². The quantitative estimate of drug-likeness (QED) is 0.243. The average molecular weight is 477 g/mol. The van der Waals surface area contributed by atoms with Crippen LogP contribution in [-0.2, 0) is 4.74 Å². The lowest BCUT2D eigenvalue weighted by atomic mass is 10.3. The minimum absolute atomic E-state index is 0. The SMILES string of the molecule is CCCCOCCCN=C(NCC)Nc1ccc2c(c1)OCCCO2.I. The lowest BCUT2D eigenvalue weighted by Gasteiger charge is -2.13. The molecular formula is C19H32IN3O3. The van der Waals surface area contributed by atoms with Gasteiger partial charge in [0, 0.05) is 44.5 Å². The van der Waals surface area contributed by atoms with E-state index in [9.17, 15) is 0 Å². The zero-order valence-corrected chi connectivity index (χ0v) is 18.2. The van der Waals surface area contributed by atoms with Crippen LogP contribution in [0, 0.1) is 0 Å². The summed E-state index contributed by atoms with van der Waals surface area (Å²) in [6.07, 6.45) is 4.11. The minimum Gasteiger partial charge on any atom is -0.490 e. The third kappa shape index (κ3) is 8.44. The Hall–Kier alpha value is -1.22. The van der Waals surface area contributed by atoms with Crippen molar-refractivity contribution in [1.82, 2.24) is 5.32 Å². The number of benzene rings is 1. The average Bonchev–Trinajstić information content (AvgIpc) is 2.86. The molecule has 1 aliphatic heterocycles. The fourth-order valence-corrected chi connectivity index (χ4v) is 2.39. The lowest BCUT2D eigenvalue weighted by molar-refractivity contribution is 0.130. The highest BCUT2D eigenvalue weighted by molar-refractivity contribution is 14.0. The Morgan fingerprint density at radius 1 is 1.12 bits per heavy atom. The van der Waals surface area contributed by atoms with Crippen LogP contribution in [0.5, 0.6) is 11.5 Å². The maximum atomic E-state index is 5.73. The van der Waals surface area contributed by atoms with Crippen molar-refractivity contribution in [1.29, 1.82) is 0 Å². The van der Waals surface area contributed by atoms with Crippen molar-refractivity contribution >= 4 is 35.6 Å². The topological polar surface area (TPSA) is 64.1 Å². The van der Waals surface area contributed by atoms with Gasteiger partial charge in [-0.3, -0.25) is 4.99 Å². The Balaban J connectivity index is 0.00000338. The molecule has 26 heavy (non-hydrogen) atoms. The number of anilines is 1. The summed E-state index contributed by atoms with van der Waals surface area (Å²) in [5.41, 5.74) is 0.933. The summed E-state index contributed by atoms with van der Waals surface area (Å²) in [6, 6.07) is 5.88. The van der Waals surface area contributed by atoms with Gasteiger partial charge in [0.2, 0.25) is 0 Å². The number of hydrogen-bond donors (Lipinski definition) is 2. The van der Waals surface area contributed by atoms with Crippen LogP contribution in [0.2, 0.25) is 0 Å². The van der Waals surface area contributed by atoms with Crippen LogP contribution >= 0.6 is 24.0 Å². The molecule has 0 aromatic heterocycles. The van der Waals surface area contributed by atoms with Crippen LogP contribution in [0.1, 0.15) is 39.5 Å². The van der Waals surface area contributed by atoms with Gasteiger partial charge in [0.1, 0.15) is 0 Å². The molecule has 0 saturated carbocycles. The predicted octanol–water partition coefficient (Wildman–Crippen LogP) is 4.05. The van der Waals surface area contributed by atoms with Gasteiger partial charge < -0.3 is 24.8 Å². The zero-order valence-electron chi connectivity index (χ0n) is 15.9. The van der Waals surface area contributed by atoms with Gasteiger partial charge in [-0.2, -0.15) is 0 Å². The highest BCUT2D eigenvalue weighted by Crippen LogP contribution is 2.32. The number of unbranched alkanes of at least 4 members (excludes halogenated alkanes) is 1. The van der Waals surface area contributed by atoms with Crippen LogP contribution in [0.15, 0.2) is 23.2 Å². The van der Waals surface area contributed by atoms with E-state index in [0.29, 0.717) is 13.2 Å². The number of halogens is 1. The molecule has 0 atom stereocenters. The highest BCUT2D eigenvalue weighted by atomic mass is 127. The van der Waals surface area contributed by atoms with Crippen molar-refractivity contribution in [2.24, 2.45) is 4.99 Å². The number of ether oxygens (including phenoxy) is 3. The standard InChI is InChI=1S/C19H31N3O3.HI/c1-3-5-11-23-12-6-10-21-19(20-4-2)22-16-8-9-17-18(15-16)25-14-7-13-24-17;/h8-9,15H,3-7,10-14H2,1-2H3,(H2,20,21,22);1H. The first kappa shape index (κ1) is 22.8. The van der Waals surface area contributed by atoms with E-state index >= 15 is 0 Å². The third-order valence-electron chi connectivity index (χ3n) is 3.71. The van der Waals surface area contributed by atoms with Gasteiger partial charge >= 0.3 is 0 Å². The molecular weight excluding hydrogens is 445 g/mol. The number of hydrogen-bond acceptors (Lipinski definition) is 4. The Bertz CT molecular complexity index is 541. The number of fused-ring (bicyclic) bond motifs is 1. The van der Waals surface area contributed by atoms with E-state index in [4.69, 9.17) is 14.2 Å². The van der Waals surface area contributed by atoms with Gasteiger partial charge in [-0.1, -0.05) is 13.3 Å². The second-order valence-electron chi connectivity index (χ2n) is 5.92. The third-order valence-corrected chi connectivity index (χ3v) is 3.71. The van der Waals surface area contributed by atoms with Crippen molar-refractivity contribution in [3.05, 3.63) is 18.2 Å². The van der Waals surface area contributed by atoms with E-state index in [2.05, 4.69) is 29.5 Å². The fraction of sp³-hybridized carbons (Fsp3) is 0.632. The number of nitrogens with zero attached hydrogens (tertiary/aromatic N) is 1. The molecule has 1 aliphatic rings. The first-order valence-electron chi connectivity index (χ1n) is 9.36. The normalized spacial score (nSPS) is 13.5. The number of nitrogens with one attached hydrogen (secondary N) is 2. The van der Waals surface area contributed by atoms with E-state index in [-0.39, 0.29) is 24.0 Å². The molecule has 0 unspecified atom stereocenters. The highest BCUT2D eigenvalue weighted by Gasteiger charge is 2.11. The Kier molecular flexibility index (Phi) is 12.2. The van der Waals surface area contributed by atoms with Gasteiger partial charge in [-0.25, -0.2) is 0 Å². The second-order valence-corrected chi connectivity index (χ2v) is 5.92. The number of aliphatic imine (C=N–C) groups is 1. The molecule has 6 nitrogen and oxygen atoms in total. The van der Waals surface area contributed by atoms with E-state index in [1.165, 1.54) is 6.42 Å². The Labute approximate surface area is 174 Å². The summed E-state index contributed by atoms with van der Waals surface area (Å²) in [5.74, 6) is 2.35. The van der Waals surface area contributed by atoms with Crippen molar-refractivity contribution in [2.45, 2.75) is 39.5 Å². The van der Waals surface area contributed by atoms with Gasteiger partial charge in [0.15, 0.2) is 17.5 Å². The monoisotopic (exact) mass is 477 g/mol. The largest absolute Gasteiger partial charge is 0.490 e. The van der Waals surface area contributed by atoms with Crippen molar-refractivity contribution in [2.75, 3.05) is 44.8 Å². The molecule has 0 amide bonds. The van der Waals surface area contributed by atoms with Gasteiger partial charge in [-0.15, -0.1) is 24.0 Å². The fourth-order valence-electron chi connectivity index (χ4n) is 2.39. The molecule has 0 spiro atoms. The van der Waals surface area contributed by atoms with E-state index in [1.54, 1.807) is 0 Å². The smallest absolute Gasteiger partial charge is 0.195 e. The van der Waals surface area contributed by atoms with E-state index in [0.717, 1.165) is 68.7 Å². The Morgan fingerprint density at radius 2 is 1.88 bits per heavy atom. The van der Waals surface area contributed by atoms with Crippen molar-refractivity contribution in [3.8, 4) is 11.5 Å². The van der Waals surface area contributed by atoms with E-state index < -0.39 is 0 Å².